The quantitative estimate of drug-likeness (QED) is 0.424. The molecule has 0 spiro atoms. The topological polar surface area (TPSA) is 78.3 Å². The van der Waals surface area contributed by atoms with Crippen molar-refractivity contribution < 1.29 is 9.53 Å². The Morgan fingerprint density at radius 3 is 2.33 bits per heavy atom. The Kier molecular flexibility index (Phi) is 2.25. The first-order valence-electron chi connectivity index (χ1n) is 4.85. The molecule has 0 heterocycles. The van der Waals surface area contributed by atoms with Crippen LogP contribution in [0.1, 0.15) is 24.8 Å². The summed E-state index contributed by atoms with van der Waals surface area (Å²) in [7, 11) is 0. The van der Waals surface area contributed by atoms with Gasteiger partial charge in [-0.2, -0.15) is 0 Å². The zero-order chi connectivity index (χ0) is 11.1. The zero-order valence-corrected chi connectivity index (χ0v) is 8.57. The number of benzene rings is 1. The highest BCUT2D eigenvalue weighted by atomic mass is 16.5. The summed E-state index contributed by atoms with van der Waals surface area (Å²) in [6.45, 7) is 1.37. The van der Waals surface area contributed by atoms with Crippen molar-refractivity contribution >= 4 is 5.97 Å². The van der Waals surface area contributed by atoms with Gasteiger partial charge in [0.1, 0.15) is 5.75 Å². The van der Waals surface area contributed by atoms with E-state index in [2.05, 4.69) is 0 Å². The molecule has 1 saturated carbocycles. The Balaban J connectivity index is 2.08. The van der Waals surface area contributed by atoms with Crippen LogP contribution in [0.3, 0.4) is 0 Å². The molecular formula is C11H14N2O2. The third-order valence-corrected chi connectivity index (χ3v) is 2.59. The molecule has 0 amide bonds. The van der Waals surface area contributed by atoms with Gasteiger partial charge in [-0.15, -0.1) is 0 Å². The summed E-state index contributed by atoms with van der Waals surface area (Å²) in [5.74, 6) is 0.455. The molecular weight excluding hydrogens is 192 g/mol. The molecule has 0 aliphatic heterocycles. The van der Waals surface area contributed by atoms with E-state index in [1.54, 1.807) is 12.1 Å². The van der Waals surface area contributed by atoms with Crippen molar-refractivity contribution in [3.8, 4) is 5.75 Å². The number of hydrogen-bond acceptors (Lipinski definition) is 4. The SMILES string of the molecule is CC(=O)Oc1ccc(C2CC2(N)N)cc1. The summed E-state index contributed by atoms with van der Waals surface area (Å²) in [6.07, 6.45) is 0.805. The number of ether oxygens (including phenoxy) is 1. The van der Waals surface area contributed by atoms with Crippen molar-refractivity contribution in [3.63, 3.8) is 0 Å². The normalized spacial score (nSPS) is 22.2. The average Bonchev–Trinajstić information content (AvgIpc) is 2.75. The Morgan fingerprint density at radius 1 is 1.40 bits per heavy atom. The van der Waals surface area contributed by atoms with E-state index in [4.69, 9.17) is 16.2 Å². The molecule has 1 aromatic carbocycles. The van der Waals surface area contributed by atoms with Crippen molar-refractivity contribution in [1.82, 2.24) is 0 Å². The van der Waals surface area contributed by atoms with Crippen LogP contribution < -0.4 is 16.2 Å². The predicted molar refractivity (Wildman–Crippen MR) is 56.2 cm³/mol. The first-order valence-corrected chi connectivity index (χ1v) is 4.85. The largest absolute Gasteiger partial charge is 0.427 e. The smallest absolute Gasteiger partial charge is 0.308 e. The van der Waals surface area contributed by atoms with Crippen molar-refractivity contribution in [3.05, 3.63) is 29.8 Å². The molecule has 1 aliphatic rings. The van der Waals surface area contributed by atoms with E-state index in [9.17, 15) is 4.79 Å². The van der Waals surface area contributed by atoms with Crippen LogP contribution in [0.4, 0.5) is 0 Å². The van der Waals surface area contributed by atoms with Gasteiger partial charge >= 0.3 is 5.97 Å². The van der Waals surface area contributed by atoms with Crippen molar-refractivity contribution in [2.45, 2.75) is 24.9 Å². The van der Waals surface area contributed by atoms with E-state index in [1.165, 1.54) is 6.92 Å². The van der Waals surface area contributed by atoms with E-state index in [-0.39, 0.29) is 11.9 Å². The molecule has 1 unspecified atom stereocenters. The second-order valence-corrected chi connectivity index (χ2v) is 4.03. The lowest BCUT2D eigenvalue weighted by Gasteiger charge is -2.05. The maximum Gasteiger partial charge on any atom is 0.308 e. The van der Waals surface area contributed by atoms with Crippen LogP contribution in [0.15, 0.2) is 24.3 Å². The number of carbonyl (C=O) groups excluding carboxylic acids is 1. The van der Waals surface area contributed by atoms with Gasteiger partial charge < -0.3 is 16.2 Å². The van der Waals surface area contributed by atoms with E-state index in [0.717, 1.165) is 12.0 Å². The second-order valence-electron chi connectivity index (χ2n) is 4.03. The fraction of sp³-hybridized carbons (Fsp3) is 0.364. The maximum absolute atomic E-state index is 10.7. The lowest BCUT2D eigenvalue weighted by Crippen LogP contribution is -2.35. The second kappa shape index (κ2) is 3.32. The highest BCUT2D eigenvalue weighted by Gasteiger charge is 2.48. The summed E-state index contributed by atoms with van der Waals surface area (Å²) in [5.41, 5.74) is 12.0. The van der Waals surface area contributed by atoms with Gasteiger partial charge in [-0.25, -0.2) is 0 Å². The molecule has 80 valence electrons. The Morgan fingerprint density at radius 2 is 1.93 bits per heavy atom. The molecule has 15 heavy (non-hydrogen) atoms. The first-order chi connectivity index (χ1) is 6.99. The van der Waals surface area contributed by atoms with Crippen LogP contribution in [0, 0.1) is 0 Å². The van der Waals surface area contributed by atoms with Crippen LogP contribution in [0.2, 0.25) is 0 Å². The number of nitrogens with two attached hydrogens (primary N) is 2. The molecule has 0 bridgehead atoms. The van der Waals surface area contributed by atoms with E-state index in [1.807, 2.05) is 12.1 Å². The molecule has 4 heteroatoms. The third-order valence-electron chi connectivity index (χ3n) is 2.59. The number of hydrogen-bond donors (Lipinski definition) is 2. The molecule has 1 atom stereocenters. The van der Waals surface area contributed by atoms with Crippen LogP contribution in [0.5, 0.6) is 5.75 Å². The monoisotopic (exact) mass is 206 g/mol. The van der Waals surface area contributed by atoms with E-state index >= 15 is 0 Å². The van der Waals surface area contributed by atoms with Gasteiger partial charge in [0.25, 0.3) is 0 Å². The summed E-state index contributed by atoms with van der Waals surface area (Å²) < 4.78 is 4.92. The van der Waals surface area contributed by atoms with Gasteiger partial charge in [-0.05, 0) is 24.1 Å². The Labute approximate surface area is 88.2 Å². The zero-order valence-electron chi connectivity index (χ0n) is 8.57. The number of rotatable bonds is 2. The van der Waals surface area contributed by atoms with Crippen LogP contribution in [-0.2, 0) is 4.79 Å². The molecule has 1 aliphatic carbocycles. The molecule has 4 N–H and O–H groups in total. The third kappa shape index (κ3) is 2.16. The number of carbonyl (C=O) groups is 1. The first kappa shape index (κ1) is 10.1. The minimum Gasteiger partial charge on any atom is -0.427 e. The Bertz CT molecular complexity index is 384. The summed E-state index contributed by atoms with van der Waals surface area (Å²) in [4.78, 5) is 10.7. The molecule has 0 radical (unpaired) electrons. The van der Waals surface area contributed by atoms with Crippen molar-refractivity contribution in [2.75, 3.05) is 0 Å². The van der Waals surface area contributed by atoms with Gasteiger partial charge in [0, 0.05) is 12.8 Å². The highest BCUT2D eigenvalue weighted by molar-refractivity contribution is 5.69. The fourth-order valence-electron chi connectivity index (χ4n) is 1.66. The Hall–Kier alpha value is -1.39. The minimum atomic E-state index is -0.553. The molecule has 4 nitrogen and oxygen atoms in total. The predicted octanol–water partition coefficient (Wildman–Crippen LogP) is 0.713. The van der Waals surface area contributed by atoms with Crippen LogP contribution in [-0.4, -0.2) is 11.6 Å². The van der Waals surface area contributed by atoms with Gasteiger partial charge in [0.05, 0.1) is 5.66 Å². The fourth-order valence-corrected chi connectivity index (χ4v) is 1.66. The molecule has 2 rings (SSSR count). The van der Waals surface area contributed by atoms with Gasteiger partial charge in [-0.1, -0.05) is 12.1 Å². The van der Waals surface area contributed by atoms with Crippen molar-refractivity contribution in [1.29, 1.82) is 0 Å². The molecule has 1 aromatic rings. The molecule has 0 saturated heterocycles. The highest BCUT2D eigenvalue weighted by Crippen LogP contribution is 2.45. The van der Waals surface area contributed by atoms with Crippen LogP contribution >= 0.6 is 0 Å². The number of esters is 1. The standard InChI is InChI=1S/C11H14N2O2/c1-7(14)15-9-4-2-8(3-5-9)10-6-11(10,12)13/h2-5,10H,6,12-13H2,1H3. The molecule has 0 aromatic heterocycles. The van der Waals surface area contributed by atoms with E-state index < -0.39 is 5.66 Å². The van der Waals surface area contributed by atoms with Gasteiger partial charge in [-0.3, -0.25) is 4.79 Å². The average molecular weight is 206 g/mol. The van der Waals surface area contributed by atoms with Crippen LogP contribution in [0.25, 0.3) is 0 Å². The van der Waals surface area contributed by atoms with Crippen molar-refractivity contribution in [2.24, 2.45) is 11.5 Å². The summed E-state index contributed by atoms with van der Waals surface area (Å²) >= 11 is 0. The summed E-state index contributed by atoms with van der Waals surface area (Å²) in [5, 5.41) is 0. The minimum absolute atomic E-state index is 0.226. The lowest BCUT2D eigenvalue weighted by atomic mass is 10.1. The van der Waals surface area contributed by atoms with Gasteiger partial charge in [0.2, 0.25) is 0 Å². The maximum atomic E-state index is 10.7. The molecule has 1 fully saturated rings. The van der Waals surface area contributed by atoms with Gasteiger partial charge in [0.15, 0.2) is 0 Å². The lowest BCUT2D eigenvalue weighted by molar-refractivity contribution is -0.131. The van der Waals surface area contributed by atoms with E-state index in [0.29, 0.717) is 5.75 Å². The summed E-state index contributed by atoms with van der Waals surface area (Å²) in [6, 6.07) is 7.30.